The molecule has 0 aromatic heterocycles. The van der Waals surface area contributed by atoms with E-state index in [4.69, 9.17) is 5.73 Å². The van der Waals surface area contributed by atoms with Gasteiger partial charge in [0.15, 0.2) is 0 Å². The van der Waals surface area contributed by atoms with Gasteiger partial charge in [0.05, 0.1) is 0 Å². The van der Waals surface area contributed by atoms with Crippen LogP contribution in [-0.2, 0) is 0 Å². The standard InChI is InChI=1S/C16H24N4O2.ClH/c1-10(2)18-16(22)19-13-7-5-12(6-8-13)15(21)20-14(9-17)11-3-4-11;/h5-8,10-11,14H,3-4,9,17H2,1-2H3,(H,20,21)(H2,18,19,22);1H. The molecule has 1 aliphatic carbocycles. The van der Waals surface area contributed by atoms with Crippen molar-refractivity contribution in [1.29, 1.82) is 0 Å². The van der Waals surface area contributed by atoms with Crippen LogP contribution in [0.2, 0.25) is 0 Å². The zero-order valence-electron chi connectivity index (χ0n) is 13.5. The lowest BCUT2D eigenvalue weighted by Gasteiger charge is -2.16. The molecule has 2 rings (SSSR count). The number of nitrogens with one attached hydrogen (secondary N) is 3. The first-order valence-electron chi connectivity index (χ1n) is 7.68. The summed E-state index contributed by atoms with van der Waals surface area (Å²) in [5, 5.41) is 8.42. The molecule has 0 aliphatic heterocycles. The van der Waals surface area contributed by atoms with Crippen molar-refractivity contribution in [2.75, 3.05) is 11.9 Å². The minimum atomic E-state index is -0.260. The van der Waals surface area contributed by atoms with Crippen molar-refractivity contribution in [3.63, 3.8) is 0 Å². The third-order valence-corrected chi connectivity index (χ3v) is 3.59. The predicted octanol–water partition coefficient (Wildman–Crippen LogP) is 2.11. The van der Waals surface area contributed by atoms with Crippen LogP contribution in [0, 0.1) is 5.92 Å². The van der Waals surface area contributed by atoms with E-state index in [0.717, 1.165) is 12.8 Å². The van der Waals surface area contributed by atoms with E-state index in [2.05, 4.69) is 16.0 Å². The van der Waals surface area contributed by atoms with Gasteiger partial charge < -0.3 is 21.7 Å². The van der Waals surface area contributed by atoms with Gasteiger partial charge in [-0.1, -0.05) is 0 Å². The largest absolute Gasteiger partial charge is 0.348 e. The van der Waals surface area contributed by atoms with Crippen LogP contribution in [0.1, 0.15) is 37.0 Å². The lowest BCUT2D eigenvalue weighted by atomic mass is 10.1. The first-order valence-corrected chi connectivity index (χ1v) is 7.68. The lowest BCUT2D eigenvalue weighted by Crippen LogP contribution is -2.41. The van der Waals surface area contributed by atoms with Crippen molar-refractivity contribution in [2.24, 2.45) is 11.7 Å². The molecule has 128 valence electrons. The first-order chi connectivity index (χ1) is 10.5. The predicted molar refractivity (Wildman–Crippen MR) is 94.0 cm³/mol. The van der Waals surface area contributed by atoms with Crippen molar-refractivity contribution >= 4 is 30.0 Å². The lowest BCUT2D eigenvalue weighted by molar-refractivity contribution is 0.0933. The maximum Gasteiger partial charge on any atom is 0.319 e. The third kappa shape index (κ3) is 6.08. The Labute approximate surface area is 143 Å². The molecule has 0 bridgehead atoms. The summed E-state index contributed by atoms with van der Waals surface area (Å²) < 4.78 is 0. The molecule has 7 heteroatoms. The molecular weight excluding hydrogens is 316 g/mol. The molecule has 0 heterocycles. The summed E-state index contributed by atoms with van der Waals surface area (Å²) in [5.41, 5.74) is 6.90. The van der Waals surface area contributed by atoms with E-state index in [9.17, 15) is 9.59 Å². The summed E-state index contributed by atoms with van der Waals surface area (Å²) in [7, 11) is 0. The number of amides is 3. The summed E-state index contributed by atoms with van der Waals surface area (Å²) in [6.07, 6.45) is 2.27. The molecule has 0 saturated heterocycles. The fourth-order valence-corrected chi connectivity index (χ4v) is 2.25. The number of urea groups is 1. The van der Waals surface area contributed by atoms with E-state index in [1.807, 2.05) is 13.8 Å². The number of halogens is 1. The van der Waals surface area contributed by atoms with Crippen molar-refractivity contribution in [3.05, 3.63) is 29.8 Å². The van der Waals surface area contributed by atoms with Gasteiger partial charge in [-0.05, 0) is 56.9 Å². The van der Waals surface area contributed by atoms with Crippen LogP contribution >= 0.6 is 12.4 Å². The highest BCUT2D eigenvalue weighted by molar-refractivity contribution is 5.95. The summed E-state index contributed by atoms with van der Waals surface area (Å²) in [5.74, 6) is 0.398. The fourth-order valence-electron chi connectivity index (χ4n) is 2.25. The van der Waals surface area contributed by atoms with Gasteiger partial charge in [-0.25, -0.2) is 4.79 Å². The van der Waals surface area contributed by atoms with E-state index < -0.39 is 0 Å². The van der Waals surface area contributed by atoms with Gasteiger partial charge in [0.1, 0.15) is 0 Å². The van der Waals surface area contributed by atoms with Crippen LogP contribution in [0.4, 0.5) is 10.5 Å². The number of carbonyl (C=O) groups excluding carboxylic acids is 2. The maximum atomic E-state index is 12.2. The second-order valence-electron chi connectivity index (χ2n) is 5.98. The summed E-state index contributed by atoms with van der Waals surface area (Å²) in [4.78, 5) is 23.8. The Morgan fingerprint density at radius 1 is 1.17 bits per heavy atom. The number of hydrogen-bond donors (Lipinski definition) is 4. The van der Waals surface area contributed by atoms with Gasteiger partial charge in [0.25, 0.3) is 5.91 Å². The molecule has 1 aromatic rings. The molecule has 5 N–H and O–H groups in total. The Morgan fingerprint density at radius 2 is 1.78 bits per heavy atom. The minimum absolute atomic E-state index is 0. The van der Waals surface area contributed by atoms with E-state index in [-0.39, 0.29) is 36.4 Å². The quantitative estimate of drug-likeness (QED) is 0.638. The SMILES string of the molecule is CC(C)NC(=O)Nc1ccc(C(=O)NC(CN)C2CC2)cc1.Cl. The van der Waals surface area contributed by atoms with E-state index in [1.54, 1.807) is 24.3 Å². The Hall–Kier alpha value is -1.79. The maximum absolute atomic E-state index is 12.2. The molecule has 3 amide bonds. The number of carbonyl (C=O) groups is 2. The monoisotopic (exact) mass is 340 g/mol. The molecule has 0 spiro atoms. The van der Waals surface area contributed by atoms with Crippen molar-refractivity contribution < 1.29 is 9.59 Å². The highest BCUT2D eigenvalue weighted by Gasteiger charge is 2.31. The van der Waals surface area contributed by atoms with Gasteiger partial charge in [-0.15, -0.1) is 12.4 Å². The Morgan fingerprint density at radius 3 is 2.26 bits per heavy atom. The Kier molecular flexibility index (Phi) is 7.32. The van der Waals surface area contributed by atoms with E-state index in [0.29, 0.717) is 23.7 Å². The summed E-state index contributed by atoms with van der Waals surface area (Å²) >= 11 is 0. The second kappa shape index (κ2) is 8.74. The molecule has 6 nitrogen and oxygen atoms in total. The van der Waals surface area contributed by atoms with Crippen LogP contribution in [0.3, 0.4) is 0 Å². The number of anilines is 1. The normalized spacial score (nSPS) is 14.6. The third-order valence-electron chi connectivity index (χ3n) is 3.59. The number of rotatable bonds is 6. The number of hydrogen-bond acceptors (Lipinski definition) is 3. The zero-order chi connectivity index (χ0) is 16.1. The van der Waals surface area contributed by atoms with Gasteiger partial charge >= 0.3 is 6.03 Å². The second-order valence-corrected chi connectivity index (χ2v) is 5.98. The van der Waals surface area contributed by atoms with Crippen LogP contribution in [-0.4, -0.2) is 30.6 Å². The number of nitrogens with two attached hydrogens (primary N) is 1. The molecule has 1 saturated carbocycles. The van der Waals surface area contributed by atoms with Gasteiger partial charge in [-0.3, -0.25) is 4.79 Å². The van der Waals surface area contributed by atoms with Crippen molar-refractivity contribution in [2.45, 2.75) is 38.8 Å². The Balaban J connectivity index is 0.00000264. The fraction of sp³-hybridized carbons (Fsp3) is 0.500. The number of benzene rings is 1. The molecular formula is C16H25ClN4O2. The molecule has 1 aliphatic rings. The topological polar surface area (TPSA) is 96.2 Å². The highest BCUT2D eigenvalue weighted by Crippen LogP contribution is 2.32. The van der Waals surface area contributed by atoms with Gasteiger partial charge in [0.2, 0.25) is 0 Å². The van der Waals surface area contributed by atoms with E-state index >= 15 is 0 Å². The first kappa shape index (κ1) is 19.3. The molecule has 0 radical (unpaired) electrons. The average molecular weight is 341 g/mol. The molecule has 1 fully saturated rings. The van der Waals surface area contributed by atoms with Crippen LogP contribution < -0.4 is 21.7 Å². The van der Waals surface area contributed by atoms with Crippen LogP contribution in [0.15, 0.2) is 24.3 Å². The summed E-state index contributed by atoms with van der Waals surface area (Å²) in [6, 6.07) is 6.68. The van der Waals surface area contributed by atoms with E-state index in [1.165, 1.54) is 0 Å². The van der Waals surface area contributed by atoms with Crippen molar-refractivity contribution in [1.82, 2.24) is 10.6 Å². The zero-order valence-corrected chi connectivity index (χ0v) is 14.3. The van der Waals surface area contributed by atoms with Crippen LogP contribution in [0.5, 0.6) is 0 Å². The average Bonchev–Trinajstić information content (AvgIpc) is 3.29. The van der Waals surface area contributed by atoms with Gasteiger partial charge in [-0.2, -0.15) is 0 Å². The van der Waals surface area contributed by atoms with Crippen molar-refractivity contribution in [3.8, 4) is 0 Å². The Bertz CT molecular complexity index is 529. The van der Waals surface area contributed by atoms with Crippen LogP contribution in [0.25, 0.3) is 0 Å². The smallest absolute Gasteiger partial charge is 0.319 e. The summed E-state index contributed by atoms with van der Waals surface area (Å²) in [6.45, 7) is 4.24. The molecule has 1 unspecified atom stereocenters. The molecule has 1 aromatic carbocycles. The minimum Gasteiger partial charge on any atom is -0.348 e. The highest BCUT2D eigenvalue weighted by atomic mass is 35.5. The molecule has 1 atom stereocenters. The van der Waals surface area contributed by atoms with Gasteiger partial charge in [0, 0.05) is 29.9 Å². The molecule has 23 heavy (non-hydrogen) atoms.